The number of benzene rings is 1. The highest BCUT2D eigenvalue weighted by Gasteiger charge is 2.42. The maximum atomic E-state index is 12.3. The van der Waals surface area contributed by atoms with Gasteiger partial charge in [-0.05, 0) is 37.3 Å². The van der Waals surface area contributed by atoms with Crippen molar-refractivity contribution in [3.63, 3.8) is 0 Å². The third-order valence-electron chi connectivity index (χ3n) is 4.57. The molecule has 106 valence electrons. The van der Waals surface area contributed by atoms with Crippen LogP contribution in [0.4, 0.5) is 5.69 Å². The summed E-state index contributed by atoms with van der Waals surface area (Å²) in [7, 11) is 0. The maximum absolute atomic E-state index is 12.3. The van der Waals surface area contributed by atoms with E-state index in [0.29, 0.717) is 12.1 Å². The van der Waals surface area contributed by atoms with Gasteiger partial charge in [-0.3, -0.25) is 9.59 Å². The molecule has 1 aliphatic carbocycles. The second-order valence-corrected chi connectivity index (χ2v) is 6.64. The van der Waals surface area contributed by atoms with Gasteiger partial charge in [0, 0.05) is 11.9 Å². The number of carbonyl (C=O) groups excluding carboxylic acids is 2. The van der Waals surface area contributed by atoms with Gasteiger partial charge in [0.1, 0.15) is 0 Å². The Labute approximate surface area is 127 Å². The maximum Gasteiger partial charge on any atom is 0.299 e. The topological polar surface area (TPSA) is 37.4 Å². The molecule has 1 saturated carbocycles. The van der Waals surface area contributed by atoms with E-state index in [0.717, 1.165) is 29.4 Å². The number of alkyl halides is 1. The number of carbonyl (C=O) groups is 2. The number of aryl methyl sites for hydroxylation is 1. The summed E-state index contributed by atoms with van der Waals surface area (Å²) in [4.78, 5) is 26.1. The Balaban J connectivity index is 1.95. The van der Waals surface area contributed by atoms with Crippen LogP contribution in [0.15, 0.2) is 18.2 Å². The van der Waals surface area contributed by atoms with Gasteiger partial charge in [-0.15, -0.1) is 0 Å². The summed E-state index contributed by atoms with van der Waals surface area (Å²) < 4.78 is 0. The van der Waals surface area contributed by atoms with E-state index >= 15 is 0 Å². The Morgan fingerprint density at radius 3 is 2.60 bits per heavy atom. The Morgan fingerprint density at radius 1 is 1.25 bits per heavy atom. The third kappa shape index (κ3) is 2.10. The number of hydrogen-bond acceptors (Lipinski definition) is 2. The Kier molecular flexibility index (Phi) is 3.44. The molecule has 0 bridgehead atoms. The average molecular weight is 336 g/mol. The van der Waals surface area contributed by atoms with Gasteiger partial charge in [0.25, 0.3) is 11.7 Å². The highest BCUT2D eigenvalue weighted by Crippen LogP contribution is 2.42. The molecule has 4 heteroatoms. The molecular formula is C16H18BrNO2. The molecule has 1 heterocycles. The molecule has 3 rings (SSSR count). The van der Waals surface area contributed by atoms with E-state index < -0.39 is 0 Å². The van der Waals surface area contributed by atoms with Gasteiger partial charge in [0.15, 0.2) is 0 Å². The molecule has 1 aliphatic heterocycles. The van der Waals surface area contributed by atoms with Gasteiger partial charge in [-0.25, -0.2) is 0 Å². The minimum atomic E-state index is -0.363. The van der Waals surface area contributed by atoms with Crippen LogP contribution in [0, 0.1) is 12.3 Å². The second-order valence-electron chi connectivity index (χ2n) is 6.08. The molecule has 0 saturated heterocycles. The molecule has 1 aromatic carbocycles. The van der Waals surface area contributed by atoms with E-state index in [9.17, 15) is 9.59 Å². The summed E-state index contributed by atoms with van der Waals surface area (Å²) in [6.07, 6.45) is 4.67. The van der Waals surface area contributed by atoms with Crippen molar-refractivity contribution in [2.45, 2.75) is 32.6 Å². The largest absolute Gasteiger partial charge is 0.304 e. The number of rotatable bonds is 3. The number of ketones is 1. The first-order chi connectivity index (χ1) is 9.56. The smallest absolute Gasteiger partial charge is 0.299 e. The number of amides is 1. The molecule has 0 aromatic heterocycles. The van der Waals surface area contributed by atoms with E-state index in [-0.39, 0.29) is 17.1 Å². The highest BCUT2D eigenvalue weighted by molar-refractivity contribution is 9.09. The van der Waals surface area contributed by atoms with E-state index in [1.54, 1.807) is 4.90 Å². The molecule has 20 heavy (non-hydrogen) atoms. The Morgan fingerprint density at radius 2 is 1.95 bits per heavy atom. The van der Waals surface area contributed by atoms with Gasteiger partial charge >= 0.3 is 0 Å². The van der Waals surface area contributed by atoms with Crippen molar-refractivity contribution >= 4 is 33.3 Å². The summed E-state index contributed by atoms with van der Waals surface area (Å²) in [6.45, 7) is 2.59. The van der Waals surface area contributed by atoms with Gasteiger partial charge in [0.2, 0.25) is 0 Å². The first-order valence-electron chi connectivity index (χ1n) is 7.09. The number of Topliss-reactive ketones (excluding diaryl/α,β-unsaturated/α-hetero) is 1. The van der Waals surface area contributed by atoms with Crippen LogP contribution in [0.2, 0.25) is 0 Å². The minimum Gasteiger partial charge on any atom is -0.304 e. The lowest BCUT2D eigenvalue weighted by Gasteiger charge is -2.31. The van der Waals surface area contributed by atoms with Crippen LogP contribution in [0.3, 0.4) is 0 Å². The zero-order valence-electron chi connectivity index (χ0n) is 11.6. The van der Waals surface area contributed by atoms with Crippen LogP contribution in [0.1, 0.15) is 41.6 Å². The van der Waals surface area contributed by atoms with Crippen molar-refractivity contribution in [3.8, 4) is 0 Å². The van der Waals surface area contributed by atoms with Crippen molar-refractivity contribution in [2.75, 3.05) is 16.8 Å². The fourth-order valence-electron chi connectivity index (χ4n) is 3.37. The zero-order chi connectivity index (χ0) is 14.3. The van der Waals surface area contributed by atoms with Gasteiger partial charge < -0.3 is 4.90 Å². The number of nitrogens with zero attached hydrogens (tertiary/aromatic N) is 1. The molecule has 1 amide bonds. The fourth-order valence-corrected chi connectivity index (χ4v) is 4.10. The Hall–Kier alpha value is -1.16. The normalized spacial score (nSPS) is 20.6. The standard InChI is InChI=1S/C16H18BrNO2/c1-11-4-5-13-12(8-11)14(19)15(20)18(13)10-16(9-17)6-2-3-7-16/h4-5,8H,2-3,6-7,9-10H2,1H3. The van der Waals surface area contributed by atoms with Crippen molar-refractivity contribution in [2.24, 2.45) is 5.41 Å². The molecule has 3 nitrogen and oxygen atoms in total. The average Bonchev–Trinajstić information content (AvgIpc) is 3.00. The van der Waals surface area contributed by atoms with Crippen molar-refractivity contribution in [3.05, 3.63) is 29.3 Å². The quantitative estimate of drug-likeness (QED) is 0.626. The monoisotopic (exact) mass is 335 g/mol. The summed E-state index contributed by atoms with van der Waals surface area (Å²) in [5.41, 5.74) is 2.50. The molecule has 0 radical (unpaired) electrons. The Bertz CT molecular complexity index is 576. The number of hydrogen-bond donors (Lipinski definition) is 0. The van der Waals surface area contributed by atoms with Crippen LogP contribution >= 0.6 is 15.9 Å². The van der Waals surface area contributed by atoms with Gasteiger partial charge in [-0.2, -0.15) is 0 Å². The lowest BCUT2D eigenvalue weighted by molar-refractivity contribution is -0.114. The van der Waals surface area contributed by atoms with Crippen LogP contribution in [-0.4, -0.2) is 23.6 Å². The first kappa shape index (κ1) is 13.8. The molecule has 2 aliphatic rings. The summed E-state index contributed by atoms with van der Waals surface area (Å²) in [5.74, 6) is -0.718. The third-order valence-corrected chi connectivity index (χ3v) is 5.76. The molecular weight excluding hydrogens is 318 g/mol. The van der Waals surface area contributed by atoms with E-state index in [1.165, 1.54) is 12.8 Å². The fraction of sp³-hybridized carbons (Fsp3) is 0.500. The van der Waals surface area contributed by atoms with E-state index in [4.69, 9.17) is 0 Å². The van der Waals surface area contributed by atoms with Crippen molar-refractivity contribution < 1.29 is 9.59 Å². The number of fused-ring (bicyclic) bond motifs is 1. The van der Waals surface area contributed by atoms with Crippen LogP contribution in [0.5, 0.6) is 0 Å². The lowest BCUT2D eigenvalue weighted by atomic mass is 9.88. The predicted octanol–water partition coefficient (Wildman–Crippen LogP) is 3.48. The van der Waals surface area contributed by atoms with Crippen LogP contribution < -0.4 is 4.90 Å². The van der Waals surface area contributed by atoms with Crippen LogP contribution in [0.25, 0.3) is 0 Å². The van der Waals surface area contributed by atoms with E-state index in [1.807, 2.05) is 25.1 Å². The van der Waals surface area contributed by atoms with Crippen molar-refractivity contribution in [1.82, 2.24) is 0 Å². The lowest BCUT2D eigenvalue weighted by Crippen LogP contribution is -2.40. The molecule has 0 atom stereocenters. The summed E-state index contributed by atoms with van der Waals surface area (Å²) in [6, 6.07) is 5.70. The van der Waals surface area contributed by atoms with Crippen molar-refractivity contribution in [1.29, 1.82) is 0 Å². The summed E-state index contributed by atoms with van der Waals surface area (Å²) >= 11 is 3.60. The number of anilines is 1. The van der Waals surface area contributed by atoms with Gasteiger partial charge in [0.05, 0.1) is 11.3 Å². The highest BCUT2D eigenvalue weighted by atomic mass is 79.9. The first-order valence-corrected chi connectivity index (χ1v) is 8.21. The SMILES string of the molecule is Cc1ccc2c(c1)C(=O)C(=O)N2CC1(CBr)CCCC1. The molecule has 0 unspecified atom stereocenters. The van der Waals surface area contributed by atoms with Gasteiger partial charge in [-0.1, -0.05) is 40.4 Å². The van der Waals surface area contributed by atoms with Crippen LogP contribution in [-0.2, 0) is 4.79 Å². The molecule has 0 spiro atoms. The molecule has 0 N–H and O–H groups in total. The second kappa shape index (κ2) is 4.99. The van der Waals surface area contributed by atoms with E-state index in [2.05, 4.69) is 15.9 Å². The minimum absolute atomic E-state index is 0.127. The molecule has 1 fully saturated rings. The zero-order valence-corrected chi connectivity index (χ0v) is 13.2. The number of halogens is 1. The summed E-state index contributed by atoms with van der Waals surface area (Å²) in [5, 5.41) is 0.888. The molecule has 1 aromatic rings. The predicted molar refractivity (Wildman–Crippen MR) is 82.6 cm³/mol.